The summed E-state index contributed by atoms with van der Waals surface area (Å²) in [6.07, 6.45) is 0.758. The van der Waals surface area contributed by atoms with Gasteiger partial charge in [0.25, 0.3) is 0 Å². The van der Waals surface area contributed by atoms with Gasteiger partial charge in [0.1, 0.15) is 5.82 Å². The molecule has 19 heavy (non-hydrogen) atoms. The number of hydrogen-bond acceptors (Lipinski definition) is 1. The topological polar surface area (TPSA) is 17.1 Å². The van der Waals surface area contributed by atoms with Crippen molar-refractivity contribution >= 4 is 5.78 Å². The van der Waals surface area contributed by atoms with Crippen molar-refractivity contribution in [2.75, 3.05) is 0 Å². The molecule has 1 fully saturated rings. The Morgan fingerprint density at radius 3 is 2.47 bits per heavy atom. The smallest absolute Gasteiger partial charge is 0.166 e. The summed E-state index contributed by atoms with van der Waals surface area (Å²) >= 11 is 0. The number of aryl methyl sites for hydroxylation is 1. The van der Waals surface area contributed by atoms with E-state index in [2.05, 4.69) is 0 Å². The summed E-state index contributed by atoms with van der Waals surface area (Å²) < 4.78 is 13.7. The van der Waals surface area contributed by atoms with Crippen molar-refractivity contribution in [3.8, 4) is 0 Å². The van der Waals surface area contributed by atoms with Crippen LogP contribution in [-0.2, 0) is 0 Å². The lowest BCUT2D eigenvalue weighted by atomic mass is 10.0. The summed E-state index contributed by atoms with van der Waals surface area (Å²) in [5.41, 5.74) is 2.54. The SMILES string of the molecule is Cc1ccc(C(=O)C2CC2c2ccccc2F)cc1. The van der Waals surface area contributed by atoms with Crippen molar-refractivity contribution in [2.45, 2.75) is 19.3 Å². The minimum absolute atomic E-state index is 0.0509. The molecule has 0 aromatic heterocycles. The van der Waals surface area contributed by atoms with Gasteiger partial charge >= 0.3 is 0 Å². The third kappa shape index (κ3) is 2.30. The maximum Gasteiger partial charge on any atom is 0.166 e. The van der Waals surface area contributed by atoms with Crippen LogP contribution >= 0.6 is 0 Å². The van der Waals surface area contributed by atoms with E-state index in [1.165, 1.54) is 6.07 Å². The van der Waals surface area contributed by atoms with Crippen LogP contribution in [0, 0.1) is 18.7 Å². The molecule has 0 amide bonds. The Bertz CT molecular complexity index is 615. The highest BCUT2D eigenvalue weighted by Gasteiger charge is 2.45. The molecule has 1 aliphatic rings. The average Bonchev–Trinajstić information content (AvgIpc) is 3.19. The van der Waals surface area contributed by atoms with Crippen molar-refractivity contribution in [1.82, 2.24) is 0 Å². The maximum atomic E-state index is 13.7. The number of halogens is 1. The van der Waals surface area contributed by atoms with Gasteiger partial charge in [0.15, 0.2) is 5.78 Å². The normalized spacial score (nSPS) is 21.2. The molecule has 3 rings (SSSR count). The van der Waals surface area contributed by atoms with Crippen molar-refractivity contribution in [3.05, 3.63) is 71.0 Å². The molecule has 2 unspecified atom stereocenters. The Morgan fingerprint density at radius 1 is 1.11 bits per heavy atom. The first kappa shape index (κ1) is 12.1. The number of Topliss-reactive ketones (excluding diaryl/α,β-unsaturated/α-hetero) is 1. The van der Waals surface area contributed by atoms with E-state index >= 15 is 0 Å². The predicted molar refractivity (Wildman–Crippen MR) is 72.8 cm³/mol. The molecule has 0 saturated heterocycles. The van der Waals surface area contributed by atoms with E-state index < -0.39 is 0 Å². The fourth-order valence-corrected chi connectivity index (χ4v) is 2.54. The Hall–Kier alpha value is -1.96. The predicted octanol–water partition coefficient (Wildman–Crippen LogP) is 4.12. The van der Waals surface area contributed by atoms with Crippen LogP contribution in [-0.4, -0.2) is 5.78 Å². The maximum absolute atomic E-state index is 13.7. The lowest BCUT2D eigenvalue weighted by molar-refractivity contribution is 0.0965. The Kier molecular flexibility index (Phi) is 2.94. The molecule has 0 aliphatic heterocycles. The van der Waals surface area contributed by atoms with Crippen LogP contribution in [0.2, 0.25) is 0 Å². The molecule has 1 saturated carbocycles. The van der Waals surface area contributed by atoms with Crippen molar-refractivity contribution in [2.24, 2.45) is 5.92 Å². The van der Waals surface area contributed by atoms with Gasteiger partial charge in [0, 0.05) is 11.5 Å². The van der Waals surface area contributed by atoms with Crippen LogP contribution in [0.25, 0.3) is 0 Å². The molecule has 2 heteroatoms. The molecule has 0 heterocycles. The number of benzene rings is 2. The minimum atomic E-state index is -0.202. The second-order valence-electron chi connectivity index (χ2n) is 5.20. The van der Waals surface area contributed by atoms with E-state index in [4.69, 9.17) is 0 Å². The van der Waals surface area contributed by atoms with Crippen LogP contribution < -0.4 is 0 Å². The molecule has 0 spiro atoms. The van der Waals surface area contributed by atoms with E-state index in [1.807, 2.05) is 37.3 Å². The van der Waals surface area contributed by atoms with E-state index in [1.54, 1.807) is 12.1 Å². The van der Waals surface area contributed by atoms with Crippen LogP contribution in [0.3, 0.4) is 0 Å². The first-order valence-electron chi connectivity index (χ1n) is 6.52. The minimum Gasteiger partial charge on any atom is -0.294 e. The third-order valence-corrected chi connectivity index (χ3v) is 3.77. The first-order valence-corrected chi connectivity index (χ1v) is 6.52. The van der Waals surface area contributed by atoms with Crippen molar-refractivity contribution < 1.29 is 9.18 Å². The summed E-state index contributed by atoms with van der Waals surface area (Å²) in [6.45, 7) is 1.99. The van der Waals surface area contributed by atoms with E-state index in [0.29, 0.717) is 5.56 Å². The molecule has 1 nitrogen and oxygen atoms in total. The number of hydrogen-bond donors (Lipinski definition) is 0. The molecule has 96 valence electrons. The van der Waals surface area contributed by atoms with Gasteiger partial charge in [-0.05, 0) is 30.9 Å². The highest BCUT2D eigenvalue weighted by molar-refractivity contribution is 6.00. The second kappa shape index (κ2) is 4.61. The Morgan fingerprint density at radius 2 is 1.79 bits per heavy atom. The summed E-state index contributed by atoms with van der Waals surface area (Å²) in [7, 11) is 0. The van der Waals surface area contributed by atoms with Crippen molar-refractivity contribution in [1.29, 1.82) is 0 Å². The van der Waals surface area contributed by atoms with Gasteiger partial charge in [0.05, 0.1) is 0 Å². The van der Waals surface area contributed by atoms with Crippen LogP contribution in [0.15, 0.2) is 48.5 Å². The standard InChI is InChI=1S/C17H15FO/c1-11-6-8-12(9-7-11)17(19)15-10-14(15)13-4-2-3-5-16(13)18/h2-9,14-15H,10H2,1H3. The lowest BCUT2D eigenvalue weighted by Crippen LogP contribution is -2.03. The van der Waals surface area contributed by atoms with Gasteiger partial charge in [-0.15, -0.1) is 0 Å². The number of carbonyl (C=O) groups excluding carboxylic acids is 1. The quantitative estimate of drug-likeness (QED) is 0.753. The highest BCUT2D eigenvalue weighted by Crippen LogP contribution is 2.49. The molecule has 0 N–H and O–H groups in total. The van der Waals surface area contributed by atoms with Crippen molar-refractivity contribution in [3.63, 3.8) is 0 Å². The molecule has 2 atom stereocenters. The third-order valence-electron chi connectivity index (χ3n) is 3.77. The molecular formula is C17H15FO. The zero-order chi connectivity index (χ0) is 13.4. The Balaban J connectivity index is 1.78. The monoisotopic (exact) mass is 254 g/mol. The number of ketones is 1. The van der Waals surface area contributed by atoms with Gasteiger partial charge in [-0.25, -0.2) is 4.39 Å². The van der Waals surface area contributed by atoms with E-state index in [0.717, 1.165) is 17.5 Å². The fourth-order valence-electron chi connectivity index (χ4n) is 2.54. The molecule has 1 aliphatic carbocycles. The van der Waals surface area contributed by atoms with Crippen LogP contribution in [0.5, 0.6) is 0 Å². The second-order valence-corrected chi connectivity index (χ2v) is 5.20. The van der Waals surface area contributed by atoms with Crippen LogP contribution in [0.4, 0.5) is 4.39 Å². The molecule has 0 bridgehead atoms. The molecular weight excluding hydrogens is 239 g/mol. The van der Waals surface area contributed by atoms with E-state index in [-0.39, 0.29) is 23.4 Å². The van der Waals surface area contributed by atoms with Gasteiger partial charge in [-0.2, -0.15) is 0 Å². The van der Waals surface area contributed by atoms with Gasteiger partial charge in [-0.1, -0.05) is 48.0 Å². The zero-order valence-electron chi connectivity index (χ0n) is 10.8. The number of rotatable bonds is 3. The Labute approximate surface area is 112 Å². The molecule has 0 radical (unpaired) electrons. The highest BCUT2D eigenvalue weighted by atomic mass is 19.1. The largest absolute Gasteiger partial charge is 0.294 e. The van der Waals surface area contributed by atoms with Gasteiger partial charge < -0.3 is 0 Å². The van der Waals surface area contributed by atoms with E-state index in [9.17, 15) is 9.18 Å². The zero-order valence-corrected chi connectivity index (χ0v) is 10.8. The lowest BCUT2D eigenvalue weighted by Gasteiger charge is -2.03. The van der Waals surface area contributed by atoms with Gasteiger partial charge in [-0.3, -0.25) is 4.79 Å². The summed E-state index contributed by atoms with van der Waals surface area (Å²) in [5, 5.41) is 0. The van der Waals surface area contributed by atoms with Gasteiger partial charge in [0.2, 0.25) is 0 Å². The fraction of sp³-hybridized carbons (Fsp3) is 0.235. The molecule has 2 aromatic carbocycles. The van der Waals surface area contributed by atoms with Crippen LogP contribution in [0.1, 0.15) is 33.8 Å². The molecule has 2 aromatic rings. The summed E-state index contributed by atoms with van der Waals surface area (Å²) in [4.78, 5) is 12.3. The summed E-state index contributed by atoms with van der Waals surface area (Å²) in [6, 6.07) is 14.3. The number of carbonyl (C=O) groups is 1. The average molecular weight is 254 g/mol. The summed E-state index contributed by atoms with van der Waals surface area (Å²) in [5.74, 6) is -0.0745. The first-order chi connectivity index (χ1) is 9.16.